The molecule has 0 unspecified atom stereocenters. The quantitative estimate of drug-likeness (QED) is 0.236. The molecular formula is C22H18ClF6N5Na. The summed E-state index contributed by atoms with van der Waals surface area (Å²) in [6.07, 6.45) is -9.67. The number of hydrogen-bond donors (Lipinski definition) is 1. The molecule has 0 saturated carbocycles. The van der Waals surface area contributed by atoms with Crippen LogP contribution < -0.4 is 0 Å². The minimum Gasteiger partial charge on any atom is -0.335 e. The first-order valence-corrected chi connectivity index (χ1v) is 10.3. The van der Waals surface area contributed by atoms with Gasteiger partial charge in [-0.2, -0.15) is 31.4 Å². The number of hydrogen-bond acceptors (Lipinski definition) is 3. The van der Waals surface area contributed by atoms with E-state index in [0.29, 0.717) is 11.8 Å². The third kappa shape index (κ3) is 5.09. The van der Waals surface area contributed by atoms with E-state index in [2.05, 4.69) is 20.1 Å². The molecule has 13 heteroatoms. The largest absolute Gasteiger partial charge is 0.418 e. The molecule has 0 amide bonds. The average molecular weight is 525 g/mol. The van der Waals surface area contributed by atoms with Crippen molar-refractivity contribution < 1.29 is 26.3 Å². The van der Waals surface area contributed by atoms with Crippen LogP contribution in [-0.4, -0.2) is 54.3 Å². The van der Waals surface area contributed by atoms with Crippen molar-refractivity contribution in [2.75, 3.05) is 0 Å². The number of imidazole rings is 1. The number of nitrogens with one attached hydrogen (secondary N) is 1. The molecule has 5 nitrogen and oxygen atoms in total. The van der Waals surface area contributed by atoms with E-state index >= 15 is 0 Å². The second-order valence-electron chi connectivity index (χ2n) is 8.76. The normalized spacial score (nSPS) is 12.8. The average Bonchev–Trinajstić information content (AvgIpc) is 3.25. The Labute approximate surface area is 223 Å². The molecule has 0 atom stereocenters. The van der Waals surface area contributed by atoms with E-state index in [4.69, 9.17) is 11.6 Å². The minimum atomic E-state index is -4.89. The van der Waals surface area contributed by atoms with Crippen LogP contribution in [0.1, 0.15) is 37.6 Å². The Balaban J connectivity index is 0.00000342. The van der Waals surface area contributed by atoms with Crippen molar-refractivity contribution in [3.8, 4) is 22.8 Å². The summed E-state index contributed by atoms with van der Waals surface area (Å²) in [4.78, 5) is 10.8. The number of halogens is 7. The number of aromatic nitrogens is 5. The Kier molecular flexibility index (Phi) is 7.15. The summed E-state index contributed by atoms with van der Waals surface area (Å²) in [6.45, 7) is 5.62. The molecule has 0 aliphatic carbocycles. The van der Waals surface area contributed by atoms with Crippen LogP contribution in [0.4, 0.5) is 26.3 Å². The number of rotatable bonds is 2. The van der Waals surface area contributed by atoms with E-state index in [1.54, 1.807) is 7.05 Å². The minimum absolute atomic E-state index is 0. The Hall–Kier alpha value is -2.08. The Bertz CT molecular complexity index is 1400. The van der Waals surface area contributed by atoms with Crippen LogP contribution >= 0.6 is 11.6 Å². The van der Waals surface area contributed by atoms with E-state index in [1.165, 1.54) is 10.7 Å². The van der Waals surface area contributed by atoms with Crippen molar-refractivity contribution in [1.82, 2.24) is 24.7 Å². The van der Waals surface area contributed by atoms with Crippen molar-refractivity contribution in [2.24, 2.45) is 7.05 Å². The zero-order chi connectivity index (χ0) is 25.2. The van der Waals surface area contributed by atoms with Gasteiger partial charge in [-0.25, -0.2) is 9.97 Å². The molecule has 0 aliphatic rings. The van der Waals surface area contributed by atoms with Gasteiger partial charge in [-0.1, -0.05) is 50.6 Å². The molecule has 0 bridgehead atoms. The van der Waals surface area contributed by atoms with Gasteiger partial charge in [-0.3, -0.25) is 4.68 Å². The smallest absolute Gasteiger partial charge is 0.335 e. The number of benzene rings is 1. The van der Waals surface area contributed by atoms with Crippen molar-refractivity contribution in [3.05, 3.63) is 52.2 Å². The first-order chi connectivity index (χ1) is 15.6. The summed E-state index contributed by atoms with van der Waals surface area (Å²) < 4.78 is 83.7. The zero-order valence-electron chi connectivity index (χ0n) is 19.3. The Morgan fingerprint density at radius 2 is 1.51 bits per heavy atom. The van der Waals surface area contributed by atoms with E-state index in [-0.39, 0.29) is 46.1 Å². The van der Waals surface area contributed by atoms with Gasteiger partial charge in [0.15, 0.2) is 11.5 Å². The van der Waals surface area contributed by atoms with Crippen LogP contribution in [0.5, 0.6) is 0 Å². The summed E-state index contributed by atoms with van der Waals surface area (Å²) in [6, 6.07) is 4.88. The molecule has 0 spiro atoms. The van der Waals surface area contributed by atoms with E-state index in [9.17, 15) is 26.3 Å². The number of nitrogens with zero attached hydrogens (tertiary/aromatic N) is 4. The number of pyridine rings is 1. The standard InChI is InChI=1S/C22H18ClF6N5.Na/c1-20(2,3)17-14(23)16(34(4)33-17)19-31-15-12(22(27,28)29)9-13(30-18(15)32-19)10-7-5-6-8-11(10)21(24,25)26;/h5-9H,1-4H3,(H,30,31,32);. The molecule has 1 radical (unpaired) electrons. The molecule has 3 aromatic heterocycles. The molecule has 0 saturated heterocycles. The third-order valence-corrected chi connectivity index (χ3v) is 5.56. The Morgan fingerprint density at radius 3 is 2.06 bits per heavy atom. The predicted molar refractivity (Wildman–Crippen MR) is 121 cm³/mol. The van der Waals surface area contributed by atoms with Crippen LogP contribution in [0.15, 0.2) is 30.3 Å². The van der Waals surface area contributed by atoms with Gasteiger partial charge in [-0.15, -0.1) is 0 Å². The van der Waals surface area contributed by atoms with E-state index in [1.807, 2.05) is 20.8 Å². The van der Waals surface area contributed by atoms with Crippen LogP contribution in [0.25, 0.3) is 33.9 Å². The van der Waals surface area contributed by atoms with Crippen molar-refractivity contribution >= 4 is 52.3 Å². The number of aryl methyl sites for hydroxylation is 1. The van der Waals surface area contributed by atoms with Gasteiger partial charge in [0, 0.05) is 47.6 Å². The second kappa shape index (κ2) is 9.10. The number of aromatic amines is 1. The molecular weight excluding hydrogens is 507 g/mol. The maximum absolute atomic E-state index is 13.9. The molecule has 4 aromatic rings. The second-order valence-corrected chi connectivity index (χ2v) is 9.14. The van der Waals surface area contributed by atoms with E-state index < -0.39 is 51.3 Å². The topological polar surface area (TPSA) is 59.4 Å². The van der Waals surface area contributed by atoms with Gasteiger partial charge in [0.1, 0.15) is 5.69 Å². The molecule has 0 aliphatic heterocycles. The first-order valence-electron chi connectivity index (χ1n) is 9.97. The third-order valence-electron chi connectivity index (χ3n) is 5.20. The van der Waals surface area contributed by atoms with Crippen LogP contribution in [0.3, 0.4) is 0 Å². The summed E-state index contributed by atoms with van der Waals surface area (Å²) in [5.74, 6) is -0.0373. The van der Waals surface area contributed by atoms with Gasteiger partial charge in [0.05, 0.1) is 33.1 Å². The van der Waals surface area contributed by atoms with Gasteiger partial charge < -0.3 is 4.98 Å². The summed E-state index contributed by atoms with van der Waals surface area (Å²) in [5, 5.41) is 4.56. The summed E-state index contributed by atoms with van der Waals surface area (Å²) >= 11 is 6.49. The molecule has 35 heavy (non-hydrogen) atoms. The van der Waals surface area contributed by atoms with Crippen molar-refractivity contribution in [1.29, 1.82) is 0 Å². The SMILES string of the molecule is Cn1nc(C(C)(C)C)c(Cl)c1-c1nc2nc(-c3ccccc3C(F)(F)F)cc(C(F)(F)F)c2[nH]1.[Na]. The number of fused-ring (bicyclic) bond motifs is 1. The fraction of sp³-hybridized carbons (Fsp3) is 0.318. The van der Waals surface area contributed by atoms with E-state index in [0.717, 1.165) is 18.2 Å². The fourth-order valence-electron chi connectivity index (χ4n) is 3.65. The van der Waals surface area contributed by atoms with Crippen molar-refractivity contribution in [2.45, 2.75) is 38.5 Å². The monoisotopic (exact) mass is 524 g/mol. The molecule has 1 aromatic carbocycles. The molecule has 1 N–H and O–H groups in total. The van der Waals surface area contributed by atoms with Gasteiger partial charge >= 0.3 is 12.4 Å². The number of H-pyrrole nitrogens is 1. The molecule has 181 valence electrons. The van der Waals surface area contributed by atoms with Crippen LogP contribution in [0, 0.1) is 0 Å². The van der Waals surface area contributed by atoms with Crippen LogP contribution in [0.2, 0.25) is 5.02 Å². The maximum Gasteiger partial charge on any atom is 0.418 e. The van der Waals surface area contributed by atoms with Crippen LogP contribution in [-0.2, 0) is 24.8 Å². The summed E-state index contributed by atoms with van der Waals surface area (Å²) in [7, 11) is 1.56. The number of alkyl halides is 6. The zero-order valence-corrected chi connectivity index (χ0v) is 22.1. The van der Waals surface area contributed by atoms with Gasteiger partial charge in [-0.05, 0) is 12.1 Å². The first kappa shape index (κ1) is 27.5. The van der Waals surface area contributed by atoms with Crippen molar-refractivity contribution in [3.63, 3.8) is 0 Å². The molecule has 3 heterocycles. The molecule has 0 fully saturated rings. The Morgan fingerprint density at radius 1 is 0.914 bits per heavy atom. The molecule has 4 rings (SSSR count). The predicted octanol–water partition coefficient (Wildman–Crippen LogP) is 6.63. The maximum atomic E-state index is 13.9. The summed E-state index contributed by atoms with van der Waals surface area (Å²) in [5.41, 5.74) is -3.86. The fourth-order valence-corrected chi connectivity index (χ4v) is 4.18. The van der Waals surface area contributed by atoms with Gasteiger partial charge in [0.2, 0.25) is 0 Å². The van der Waals surface area contributed by atoms with Gasteiger partial charge in [0.25, 0.3) is 0 Å².